The summed E-state index contributed by atoms with van der Waals surface area (Å²) in [6.45, 7) is 3.02. The van der Waals surface area contributed by atoms with Crippen LogP contribution in [0.15, 0.2) is 65.3 Å². The Hall–Kier alpha value is -2.93. The van der Waals surface area contributed by atoms with E-state index in [2.05, 4.69) is 13.0 Å². The number of para-hydroxylation sites is 1. The number of hydrogen-bond donors (Lipinski definition) is 1. The number of phenols is 1. The lowest BCUT2D eigenvalue weighted by Gasteiger charge is -2.31. The van der Waals surface area contributed by atoms with Crippen LogP contribution in [0.2, 0.25) is 5.02 Å². The van der Waals surface area contributed by atoms with Crippen molar-refractivity contribution in [2.24, 2.45) is 17.8 Å². The van der Waals surface area contributed by atoms with Gasteiger partial charge in [-0.15, -0.1) is 0 Å². The van der Waals surface area contributed by atoms with E-state index < -0.39 is 5.92 Å². The Morgan fingerprint density at radius 2 is 1.92 bits per heavy atom. The third kappa shape index (κ3) is 5.05. The topological polar surface area (TPSA) is 76.1 Å². The van der Waals surface area contributed by atoms with Gasteiger partial charge in [0.05, 0.1) is 41.9 Å². The SMILES string of the molecule is CCC/C(=C\c1ccc(O)cc1Cl)CC[C@H]1OC[C@H]2C1=C(COC)C[C@H]1C(=O)N(c3ccccc3)C(=O)[C@H]12. The van der Waals surface area contributed by atoms with Crippen molar-refractivity contribution in [2.45, 2.75) is 45.1 Å². The molecule has 2 aromatic carbocycles. The summed E-state index contributed by atoms with van der Waals surface area (Å²) in [6.07, 6.45) is 6.06. The summed E-state index contributed by atoms with van der Waals surface area (Å²) in [5.41, 5.74) is 5.03. The summed E-state index contributed by atoms with van der Waals surface area (Å²) < 4.78 is 11.9. The number of ether oxygens (including phenoxy) is 2. The van der Waals surface area contributed by atoms with Crippen molar-refractivity contribution in [2.75, 3.05) is 25.2 Å². The third-order valence-electron chi connectivity index (χ3n) is 7.98. The minimum absolute atomic E-state index is 0.112. The molecule has 2 saturated heterocycles. The van der Waals surface area contributed by atoms with Crippen molar-refractivity contribution < 1.29 is 24.2 Å². The summed E-state index contributed by atoms with van der Waals surface area (Å²) >= 11 is 6.37. The molecule has 0 aromatic heterocycles. The second-order valence-corrected chi connectivity index (χ2v) is 10.8. The van der Waals surface area contributed by atoms with Crippen LogP contribution in [0.5, 0.6) is 5.75 Å². The lowest BCUT2D eigenvalue weighted by Crippen LogP contribution is -2.35. The van der Waals surface area contributed by atoms with Gasteiger partial charge >= 0.3 is 0 Å². The Morgan fingerprint density at radius 3 is 2.63 bits per heavy atom. The van der Waals surface area contributed by atoms with Gasteiger partial charge in [0.25, 0.3) is 0 Å². The number of rotatable bonds is 9. The number of allylic oxidation sites excluding steroid dienone is 1. The third-order valence-corrected chi connectivity index (χ3v) is 8.31. The molecule has 3 aliphatic rings. The van der Waals surface area contributed by atoms with Crippen LogP contribution >= 0.6 is 11.6 Å². The van der Waals surface area contributed by atoms with Gasteiger partial charge in [0.2, 0.25) is 11.8 Å². The Morgan fingerprint density at radius 1 is 1.13 bits per heavy atom. The highest BCUT2D eigenvalue weighted by Gasteiger charge is 2.57. The van der Waals surface area contributed by atoms with E-state index in [1.54, 1.807) is 19.2 Å². The Labute approximate surface area is 228 Å². The number of methoxy groups -OCH3 is 1. The van der Waals surface area contributed by atoms with Crippen LogP contribution in [0.25, 0.3) is 6.08 Å². The first-order chi connectivity index (χ1) is 18.4. The first kappa shape index (κ1) is 26.7. The fourth-order valence-corrected chi connectivity index (χ4v) is 6.60. The minimum Gasteiger partial charge on any atom is -0.508 e. The maximum atomic E-state index is 13.6. The standard InChI is InChI=1S/C31H34ClNO5/c1-3-7-19(14-20-11-12-23(34)16-26(20)32)10-13-27-28-21(17-37-2)15-24-29(25(28)18-38-27)31(36)33(30(24)35)22-8-5-4-6-9-22/h4-6,8-9,11-12,14,16,24-25,27,29,34H,3,7,10,13,15,17-18H2,1-2H3/b19-14+/t24-,25+,27-,29-/m1/s1. The molecule has 2 fully saturated rings. The van der Waals surface area contributed by atoms with E-state index in [1.807, 2.05) is 36.4 Å². The average molecular weight is 536 g/mol. The van der Waals surface area contributed by atoms with E-state index in [0.29, 0.717) is 30.3 Å². The number of imide groups is 1. The number of fused-ring (bicyclic) bond motifs is 3. The lowest BCUT2D eigenvalue weighted by molar-refractivity contribution is -0.122. The summed E-state index contributed by atoms with van der Waals surface area (Å²) in [5, 5.41) is 10.2. The Balaban J connectivity index is 1.39. The lowest BCUT2D eigenvalue weighted by atomic mass is 9.69. The van der Waals surface area contributed by atoms with E-state index >= 15 is 0 Å². The summed E-state index contributed by atoms with van der Waals surface area (Å²) in [6, 6.07) is 14.2. The number of hydrogen-bond acceptors (Lipinski definition) is 5. The predicted octanol–water partition coefficient (Wildman–Crippen LogP) is 6.18. The van der Waals surface area contributed by atoms with Gasteiger partial charge in [0, 0.05) is 13.0 Å². The molecule has 7 heteroatoms. The van der Waals surface area contributed by atoms with Crippen molar-refractivity contribution in [3.05, 3.63) is 75.8 Å². The van der Waals surface area contributed by atoms with Gasteiger partial charge in [-0.25, -0.2) is 0 Å². The van der Waals surface area contributed by atoms with Gasteiger partial charge in [0.1, 0.15) is 5.75 Å². The number of phenolic OH excluding ortho intramolecular Hbond substituents is 1. The molecule has 1 N–H and O–H groups in total. The zero-order valence-electron chi connectivity index (χ0n) is 21.9. The largest absolute Gasteiger partial charge is 0.508 e. The fraction of sp³-hybridized carbons (Fsp3) is 0.419. The van der Waals surface area contributed by atoms with E-state index in [1.165, 1.54) is 10.5 Å². The van der Waals surface area contributed by atoms with Crippen molar-refractivity contribution in [3.63, 3.8) is 0 Å². The number of amides is 2. The number of carbonyl (C=O) groups excluding carboxylic acids is 2. The monoisotopic (exact) mass is 535 g/mol. The highest BCUT2D eigenvalue weighted by Crippen LogP contribution is 2.50. The van der Waals surface area contributed by atoms with E-state index in [9.17, 15) is 14.7 Å². The molecule has 38 heavy (non-hydrogen) atoms. The zero-order chi connectivity index (χ0) is 26.8. The first-order valence-electron chi connectivity index (χ1n) is 13.4. The molecule has 0 radical (unpaired) electrons. The molecule has 2 amide bonds. The predicted molar refractivity (Wildman–Crippen MR) is 148 cm³/mol. The molecule has 200 valence electrons. The highest BCUT2D eigenvalue weighted by molar-refractivity contribution is 6.32. The molecule has 2 aliphatic heterocycles. The smallest absolute Gasteiger partial charge is 0.238 e. The summed E-state index contributed by atoms with van der Waals surface area (Å²) in [7, 11) is 1.67. The van der Waals surface area contributed by atoms with Crippen molar-refractivity contribution >= 4 is 35.2 Å². The van der Waals surface area contributed by atoms with Crippen molar-refractivity contribution in [1.29, 1.82) is 0 Å². The molecule has 2 aromatic rings. The molecule has 4 atom stereocenters. The summed E-state index contributed by atoms with van der Waals surface area (Å²) in [5.74, 6) is -0.988. The van der Waals surface area contributed by atoms with Gasteiger partial charge in [-0.2, -0.15) is 0 Å². The molecule has 0 spiro atoms. The minimum atomic E-state index is -0.398. The van der Waals surface area contributed by atoms with Gasteiger partial charge in [-0.1, -0.05) is 54.8 Å². The average Bonchev–Trinajstić information content (AvgIpc) is 3.43. The quantitative estimate of drug-likeness (QED) is 0.306. The van der Waals surface area contributed by atoms with Gasteiger partial charge in [-0.05, 0) is 72.7 Å². The zero-order valence-corrected chi connectivity index (χ0v) is 22.6. The summed E-state index contributed by atoms with van der Waals surface area (Å²) in [4.78, 5) is 28.5. The van der Waals surface area contributed by atoms with Crippen LogP contribution in [0.3, 0.4) is 0 Å². The first-order valence-corrected chi connectivity index (χ1v) is 13.7. The maximum absolute atomic E-state index is 13.6. The van der Waals surface area contributed by atoms with Crippen molar-refractivity contribution in [3.8, 4) is 5.75 Å². The van der Waals surface area contributed by atoms with Gasteiger partial charge in [0.15, 0.2) is 0 Å². The molecule has 0 bridgehead atoms. The van der Waals surface area contributed by atoms with Crippen molar-refractivity contribution in [1.82, 2.24) is 0 Å². The van der Waals surface area contributed by atoms with Crippen LogP contribution in [0, 0.1) is 17.8 Å². The van der Waals surface area contributed by atoms with Gasteiger partial charge < -0.3 is 14.6 Å². The molecule has 6 nitrogen and oxygen atoms in total. The number of aromatic hydroxyl groups is 1. The molecule has 1 aliphatic carbocycles. The number of benzene rings is 2. The molecule has 5 rings (SSSR count). The number of anilines is 1. The Kier molecular flexibility index (Phi) is 8.03. The second kappa shape index (κ2) is 11.4. The normalized spacial score (nSPS) is 25.2. The van der Waals surface area contributed by atoms with Gasteiger partial charge in [-0.3, -0.25) is 14.5 Å². The molecular weight excluding hydrogens is 502 g/mol. The van der Waals surface area contributed by atoms with Crippen LogP contribution in [-0.4, -0.2) is 43.3 Å². The maximum Gasteiger partial charge on any atom is 0.238 e. The van der Waals surface area contributed by atoms with Crippen LogP contribution < -0.4 is 4.90 Å². The second-order valence-electron chi connectivity index (χ2n) is 10.4. The van der Waals surface area contributed by atoms with E-state index in [-0.39, 0.29) is 35.5 Å². The molecule has 0 unspecified atom stereocenters. The number of nitrogens with zero attached hydrogens (tertiary/aromatic N) is 1. The molecule has 0 saturated carbocycles. The molecule has 2 heterocycles. The van der Waals surface area contributed by atoms with Crippen LogP contribution in [-0.2, 0) is 19.1 Å². The Bertz CT molecular complexity index is 1270. The highest BCUT2D eigenvalue weighted by atomic mass is 35.5. The van der Waals surface area contributed by atoms with E-state index in [0.717, 1.165) is 42.4 Å². The number of halogens is 1. The van der Waals surface area contributed by atoms with E-state index in [4.69, 9.17) is 21.1 Å². The fourth-order valence-electron chi connectivity index (χ4n) is 6.37. The van der Waals surface area contributed by atoms with Crippen LogP contribution in [0.1, 0.15) is 44.6 Å². The number of carbonyl (C=O) groups is 2. The molecular formula is C31H34ClNO5. The van der Waals surface area contributed by atoms with Crippen LogP contribution in [0.4, 0.5) is 5.69 Å².